The van der Waals surface area contributed by atoms with Crippen molar-refractivity contribution in [2.75, 3.05) is 31.1 Å². The normalized spacial score (nSPS) is 16.7. The molecule has 0 unspecified atom stereocenters. The van der Waals surface area contributed by atoms with Crippen molar-refractivity contribution in [1.29, 1.82) is 0 Å². The molecule has 3 rings (SSSR count). The third-order valence-electron chi connectivity index (χ3n) is 4.73. The number of piperazine rings is 1. The van der Waals surface area contributed by atoms with Crippen LogP contribution >= 0.6 is 0 Å². The number of anilines is 1. The number of H-pyrrole nitrogens is 1. The number of nitrogens with one attached hydrogen (secondary N) is 2. The summed E-state index contributed by atoms with van der Waals surface area (Å²) in [6, 6.07) is 0. The lowest BCUT2D eigenvalue weighted by atomic mass is 9.98. The first kappa shape index (κ1) is 20.6. The van der Waals surface area contributed by atoms with Crippen molar-refractivity contribution >= 4 is 28.8 Å². The van der Waals surface area contributed by atoms with Crippen molar-refractivity contribution in [2.24, 2.45) is 0 Å². The molecule has 2 aromatic rings. The van der Waals surface area contributed by atoms with E-state index in [4.69, 9.17) is 0 Å². The van der Waals surface area contributed by atoms with Crippen LogP contribution in [0.3, 0.4) is 0 Å². The van der Waals surface area contributed by atoms with E-state index in [1.54, 1.807) is 4.90 Å². The number of carbonyl (C=O) groups is 2. The average Bonchev–Trinajstić information content (AvgIpc) is 3.07. The standard InChI is InChI=1S/C18H21F3N6O2/c1-4-13(28)27-6-5-26(10-17(27,2)3)12-8-23-15-14(25-12)11(7-22-15)16(29)24-9-18(19,20)21/h4,7-8H,1,5-6,9-10H2,2-3H3,(H,22,23)(H,24,29). The molecule has 2 N–H and O–H groups in total. The lowest BCUT2D eigenvalue weighted by Crippen LogP contribution is -2.61. The molecule has 2 aromatic heterocycles. The van der Waals surface area contributed by atoms with Gasteiger partial charge in [0.05, 0.1) is 17.3 Å². The van der Waals surface area contributed by atoms with Gasteiger partial charge in [-0.1, -0.05) is 6.58 Å². The third kappa shape index (κ3) is 4.33. The second-order valence-corrected chi connectivity index (χ2v) is 7.35. The molecule has 1 aliphatic heterocycles. The maximum atomic E-state index is 12.4. The van der Waals surface area contributed by atoms with Gasteiger partial charge in [-0.2, -0.15) is 13.2 Å². The van der Waals surface area contributed by atoms with Gasteiger partial charge < -0.3 is 20.1 Å². The van der Waals surface area contributed by atoms with Crippen molar-refractivity contribution in [3.05, 3.63) is 30.6 Å². The first-order valence-electron chi connectivity index (χ1n) is 8.90. The van der Waals surface area contributed by atoms with Crippen LogP contribution in [0.1, 0.15) is 24.2 Å². The Morgan fingerprint density at radius 2 is 2.10 bits per heavy atom. The predicted octanol–water partition coefficient (Wildman–Crippen LogP) is 1.86. The Morgan fingerprint density at radius 1 is 1.38 bits per heavy atom. The van der Waals surface area contributed by atoms with E-state index >= 15 is 0 Å². The number of aromatic amines is 1. The van der Waals surface area contributed by atoms with Gasteiger partial charge in [0.15, 0.2) is 5.65 Å². The lowest BCUT2D eigenvalue weighted by Gasteiger charge is -2.47. The van der Waals surface area contributed by atoms with Crippen LogP contribution in [0.2, 0.25) is 0 Å². The SMILES string of the molecule is C=CC(=O)N1CCN(c2cnc3[nH]cc(C(=O)NCC(F)(F)F)c3n2)CC1(C)C. The molecular weight excluding hydrogens is 389 g/mol. The highest BCUT2D eigenvalue weighted by molar-refractivity contribution is 6.04. The summed E-state index contributed by atoms with van der Waals surface area (Å²) in [6.07, 6.45) is -0.427. The summed E-state index contributed by atoms with van der Waals surface area (Å²) in [5.41, 5.74) is -0.0286. The Bertz CT molecular complexity index is 953. The van der Waals surface area contributed by atoms with E-state index in [1.165, 1.54) is 18.5 Å². The van der Waals surface area contributed by atoms with Gasteiger partial charge in [-0.05, 0) is 19.9 Å². The molecular formula is C18H21F3N6O2. The van der Waals surface area contributed by atoms with Gasteiger partial charge in [-0.3, -0.25) is 9.59 Å². The van der Waals surface area contributed by atoms with Gasteiger partial charge in [-0.25, -0.2) is 9.97 Å². The van der Waals surface area contributed by atoms with E-state index in [1.807, 2.05) is 24.1 Å². The second-order valence-electron chi connectivity index (χ2n) is 7.35. The smallest absolute Gasteiger partial charge is 0.351 e. The van der Waals surface area contributed by atoms with Crippen LogP contribution in [0.5, 0.6) is 0 Å². The average molecular weight is 410 g/mol. The number of hydrogen-bond acceptors (Lipinski definition) is 5. The number of carbonyl (C=O) groups excluding carboxylic acids is 2. The molecule has 3 heterocycles. The lowest BCUT2D eigenvalue weighted by molar-refractivity contribution is -0.131. The molecule has 1 saturated heterocycles. The molecule has 156 valence electrons. The largest absolute Gasteiger partial charge is 0.405 e. The van der Waals surface area contributed by atoms with Gasteiger partial charge in [0.25, 0.3) is 5.91 Å². The number of halogens is 3. The zero-order chi connectivity index (χ0) is 21.4. The number of nitrogens with zero attached hydrogens (tertiary/aromatic N) is 4. The summed E-state index contributed by atoms with van der Waals surface area (Å²) < 4.78 is 37.1. The minimum Gasteiger partial charge on any atom is -0.351 e. The highest BCUT2D eigenvalue weighted by Gasteiger charge is 2.36. The third-order valence-corrected chi connectivity index (χ3v) is 4.73. The van der Waals surface area contributed by atoms with Gasteiger partial charge in [-0.15, -0.1) is 0 Å². The minimum absolute atomic E-state index is 0.0154. The van der Waals surface area contributed by atoms with Crippen LogP contribution in [0.4, 0.5) is 19.0 Å². The van der Waals surface area contributed by atoms with Gasteiger partial charge in [0.1, 0.15) is 17.9 Å². The van der Waals surface area contributed by atoms with E-state index in [9.17, 15) is 22.8 Å². The number of amides is 2. The van der Waals surface area contributed by atoms with Crippen molar-refractivity contribution in [2.45, 2.75) is 25.6 Å². The number of fused-ring (bicyclic) bond motifs is 1. The maximum absolute atomic E-state index is 12.4. The predicted molar refractivity (Wildman–Crippen MR) is 100 cm³/mol. The van der Waals surface area contributed by atoms with E-state index < -0.39 is 24.2 Å². The molecule has 11 heteroatoms. The Hall–Kier alpha value is -3.11. The number of rotatable bonds is 4. The van der Waals surface area contributed by atoms with Crippen molar-refractivity contribution in [3.63, 3.8) is 0 Å². The zero-order valence-electron chi connectivity index (χ0n) is 16.0. The van der Waals surface area contributed by atoms with Crippen molar-refractivity contribution in [1.82, 2.24) is 25.2 Å². The van der Waals surface area contributed by atoms with Crippen LogP contribution in [0, 0.1) is 0 Å². The monoisotopic (exact) mass is 410 g/mol. The Kier molecular flexibility index (Phi) is 5.24. The Balaban J connectivity index is 1.84. The van der Waals surface area contributed by atoms with Crippen molar-refractivity contribution < 1.29 is 22.8 Å². The Labute approximate surface area is 164 Å². The van der Waals surface area contributed by atoms with Gasteiger partial charge >= 0.3 is 6.18 Å². The number of alkyl halides is 3. The maximum Gasteiger partial charge on any atom is 0.405 e. The molecule has 2 amide bonds. The minimum atomic E-state index is -4.51. The molecule has 0 aromatic carbocycles. The molecule has 8 nitrogen and oxygen atoms in total. The topological polar surface area (TPSA) is 94.2 Å². The van der Waals surface area contributed by atoms with E-state index in [0.717, 1.165) is 0 Å². The molecule has 0 bridgehead atoms. The number of aromatic nitrogens is 3. The fourth-order valence-electron chi connectivity index (χ4n) is 3.35. The van der Waals surface area contributed by atoms with Crippen molar-refractivity contribution in [3.8, 4) is 0 Å². The van der Waals surface area contributed by atoms with E-state index in [2.05, 4.69) is 21.5 Å². The first-order chi connectivity index (χ1) is 13.5. The molecule has 29 heavy (non-hydrogen) atoms. The molecule has 1 aliphatic rings. The zero-order valence-corrected chi connectivity index (χ0v) is 16.0. The first-order valence-corrected chi connectivity index (χ1v) is 8.90. The van der Waals surface area contributed by atoms with Crippen LogP contribution in [0.25, 0.3) is 11.2 Å². The summed E-state index contributed by atoms with van der Waals surface area (Å²) in [7, 11) is 0. The Morgan fingerprint density at radius 3 is 2.72 bits per heavy atom. The summed E-state index contributed by atoms with van der Waals surface area (Å²) in [5.74, 6) is -0.576. The fourth-order valence-corrected chi connectivity index (χ4v) is 3.35. The quantitative estimate of drug-likeness (QED) is 0.751. The number of hydrogen-bond donors (Lipinski definition) is 2. The molecule has 0 radical (unpaired) electrons. The van der Waals surface area contributed by atoms with E-state index in [-0.39, 0.29) is 17.0 Å². The second kappa shape index (κ2) is 7.37. The molecule has 0 atom stereocenters. The van der Waals surface area contributed by atoms with Crippen LogP contribution < -0.4 is 10.2 Å². The molecule has 1 fully saturated rings. The van der Waals surface area contributed by atoms with E-state index in [0.29, 0.717) is 31.1 Å². The fraction of sp³-hybridized carbons (Fsp3) is 0.444. The van der Waals surface area contributed by atoms with Gasteiger partial charge in [0.2, 0.25) is 5.91 Å². The summed E-state index contributed by atoms with van der Waals surface area (Å²) >= 11 is 0. The summed E-state index contributed by atoms with van der Waals surface area (Å²) in [6.45, 7) is 7.33. The highest BCUT2D eigenvalue weighted by Crippen LogP contribution is 2.26. The summed E-state index contributed by atoms with van der Waals surface area (Å²) in [5, 5.41) is 1.84. The van der Waals surface area contributed by atoms with Crippen LogP contribution in [-0.4, -0.2) is 69.6 Å². The van der Waals surface area contributed by atoms with Crippen LogP contribution in [-0.2, 0) is 4.79 Å². The molecule has 0 aliphatic carbocycles. The summed E-state index contributed by atoms with van der Waals surface area (Å²) in [4.78, 5) is 39.2. The van der Waals surface area contributed by atoms with Crippen LogP contribution in [0.15, 0.2) is 25.0 Å². The molecule has 0 spiro atoms. The highest BCUT2D eigenvalue weighted by atomic mass is 19.4. The molecule has 0 saturated carbocycles. The van der Waals surface area contributed by atoms with Gasteiger partial charge in [0, 0.05) is 25.8 Å².